The molecule has 0 radical (unpaired) electrons. The molecule has 0 aliphatic carbocycles. The number of hydrogen-bond donors (Lipinski definition) is 1. The van der Waals surface area contributed by atoms with Crippen LogP contribution in [-0.4, -0.2) is 48.6 Å². The van der Waals surface area contributed by atoms with Crippen LogP contribution in [0, 0.1) is 0 Å². The van der Waals surface area contributed by atoms with Gasteiger partial charge in [-0.15, -0.1) is 0 Å². The number of carbonyl (C=O) groups excluding carboxylic acids is 1. The summed E-state index contributed by atoms with van der Waals surface area (Å²) in [5.41, 5.74) is 0. The van der Waals surface area contributed by atoms with Gasteiger partial charge in [-0.25, -0.2) is 0 Å². The number of likely N-dealkylation sites (N-methyl/N-ethyl adjacent to an activating group) is 1. The number of carbonyl (C=O) groups is 1. The molecule has 0 aliphatic heterocycles. The average Bonchev–Trinajstić information content (AvgIpc) is 1.53. The van der Waals surface area contributed by atoms with E-state index in [0.717, 1.165) is 0 Å². The zero-order valence-electron chi connectivity index (χ0n) is 7.17. The fraction of sp³-hybridized carbons (Fsp3) is 0.857. The summed E-state index contributed by atoms with van der Waals surface area (Å²) in [6, 6.07) is 0. The van der Waals surface area contributed by atoms with E-state index >= 15 is 0 Å². The lowest BCUT2D eigenvalue weighted by Gasteiger charge is -2.26. The first-order valence-electron chi connectivity index (χ1n) is 3.48. The summed E-state index contributed by atoms with van der Waals surface area (Å²) >= 11 is 5.10. The molecule has 0 aromatic heterocycles. The predicted molar refractivity (Wildman–Crippen MR) is 44.4 cm³/mol. The van der Waals surface area contributed by atoms with Crippen LogP contribution >= 0.6 is 11.6 Å². The number of aliphatic hydroxyl groups excluding tert-OH is 1. The first-order chi connectivity index (χ1) is 4.81. The molecule has 0 heterocycles. The highest BCUT2D eigenvalue weighted by Gasteiger charge is 2.17. The average molecular weight is 181 g/mol. The third-order valence-corrected chi connectivity index (χ3v) is 1.31. The summed E-state index contributed by atoms with van der Waals surface area (Å²) < 4.78 is 0.630. The molecule has 0 aliphatic rings. The van der Waals surface area contributed by atoms with Crippen molar-refractivity contribution in [3.63, 3.8) is 0 Å². The number of aliphatic hydroxyl groups is 1. The molecule has 0 rings (SSSR count). The van der Waals surface area contributed by atoms with Crippen LogP contribution in [0.1, 0.15) is 6.42 Å². The molecule has 0 bridgehead atoms. The van der Waals surface area contributed by atoms with E-state index in [-0.39, 0.29) is 6.42 Å². The Morgan fingerprint density at radius 1 is 1.55 bits per heavy atom. The molecule has 11 heavy (non-hydrogen) atoms. The van der Waals surface area contributed by atoms with Gasteiger partial charge in [0.2, 0.25) is 5.24 Å². The van der Waals surface area contributed by atoms with Crippen molar-refractivity contribution in [1.82, 2.24) is 0 Å². The lowest BCUT2D eigenvalue weighted by Crippen LogP contribution is -2.41. The standard InChI is InChI=1S/C7H15ClNO2/c1-9(2,3)5-6(10)4-7(8)11/h6,10H,4-5H2,1-3H3/q+1/t6-/m1/s1. The van der Waals surface area contributed by atoms with E-state index in [0.29, 0.717) is 11.0 Å². The van der Waals surface area contributed by atoms with Gasteiger partial charge in [0.15, 0.2) is 0 Å². The van der Waals surface area contributed by atoms with Gasteiger partial charge in [-0.2, -0.15) is 0 Å². The monoisotopic (exact) mass is 180 g/mol. The molecule has 3 nitrogen and oxygen atoms in total. The highest BCUT2D eigenvalue weighted by atomic mass is 35.5. The highest BCUT2D eigenvalue weighted by molar-refractivity contribution is 6.63. The molecule has 0 saturated heterocycles. The molecule has 0 fully saturated rings. The number of quaternary nitrogens is 1. The Bertz CT molecular complexity index is 142. The maximum absolute atomic E-state index is 10.3. The number of nitrogens with zero attached hydrogens (tertiary/aromatic N) is 1. The lowest BCUT2D eigenvalue weighted by atomic mass is 10.2. The third-order valence-electron chi connectivity index (χ3n) is 1.15. The zero-order valence-corrected chi connectivity index (χ0v) is 7.93. The third kappa shape index (κ3) is 7.78. The maximum atomic E-state index is 10.3. The van der Waals surface area contributed by atoms with E-state index in [9.17, 15) is 9.90 Å². The molecular formula is C7H15ClNO2+. The van der Waals surface area contributed by atoms with Crippen LogP contribution in [0.4, 0.5) is 0 Å². The van der Waals surface area contributed by atoms with Crippen LogP contribution in [0.25, 0.3) is 0 Å². The van der Waals surface area contributed by atoms with Gasteiger partial charge in [-0.3, -0.25) is 4.79 Å². The molecule has 4 heteroatoms. The zero-order chi connectivity index (χ0) is 9.07. The van der Waals surface area contributed by atoms with Crippen molar-refractivity contribution >= 4 is 16.8 Å². The Balaban J connectivity index is 3.69. The molecular weight excluding hydrogens is 166 g/mol. The van der Waals surface area contributed by atoms with Crippen molar-refractivity contribution in [3.05, 3.63) is 0 Å². The van der Waals surface area contributed by atoms with Crippen molar-refractivity contribution in [3.8, 4) is 0 Å². The molecule has 1 N–H and O–H groups in total. The smallest absolute Gasteiger partial charge is 0.224 e. The van der Waals surface area contributed by atoms with E-state index < -0.39 is 11.3 Å². The van der Waals surface area contributed by atoms with Crippen LogP contribution in [0.15, 0.2) is 0 Å². The minimum Gasteiger partial charge on any atom is -0.387 e. The van der Waals surface area contributed by atoms with Crippen molar-refractivity contribution in [2.75, 3.05) is 27.7 Å². The first kappa shape index (κ1) is 10.9. The minimum atomic E-state index is -0.625. The Hall–Kier alpha value is -0.120. The summed E-state index contributed by atoms with van der Waals surface area (Å²) in [6.45, 7) is 0.540. The first-order valence-corrected chi connectivity index (χ1v) is 3.86. The topological polar surface area (TPSA) is 37.3 Å². The Morgan fingerprint density at radius 2 is 2.00 bits per heavy atom. The van der Waals surface area contributed by atoms with Crippen molar-refractivity contribution in [1.29, 1.82) is 0 Å². The van der Waals surface area contributed by atoms with Gasteiger partial charge in [0.25, 0.3) is 0 Å². The summed E-state index contributed by atoms with van der Waals surface area (Å²) in [5, 5.41) is 8.75. The predicted octanol–water partition coefficient (Wildman–Crippen LogP) is 0.209. The second kappa shape index (κ2) is 4.04. The van der Waals surface area contributed by atoms with Gasteiger partial charge >= 0.3 is 0 Å². The van der Waals surface area contributed by atoms with Gasteiger partial charge in [-0.05, 0) is 11.6 Å². The quantitative estimate of drug-likeness (QED) is 0.496. The molecule has 66 valence electrons. The fourth-order valence-electron chi connectivity index (χ4n) is 0.882. The van der Waals surface area contributed by atoms with E-state index in [2.05, 4.69) is 0 Å². The van der Waals surface area contributed by atoms with E-state index in [1.165, 1.54) is 0 Å². The maximum Gasteiger partial charge on any atom is 0.224 e. The normalized spacial score (nSPS) is 14.6. The van der Waals surface area contributed by atoms with Crippen molar-refractivity contribution < 1.29 is 14.4 Å². The molecule has 0 spiro atoms. The van der Waals surface area contributed by atoms with E-state index in [4.69, 9.17) is 11.6 Å². The fourth-order valence-corrected chi connectivity index (χ4v) is 1.06. The van der Waals surface area contributed by atoms with Crippen LogP contribution in [0.3, 0.4) is 0 Å². The van der Waals surface area contributed by atoms with E-state index in [1.54, 1.807) is 0 Å². The lowest BCUT2D eigenvalue weighted by molar-refractivity contribution is -0.873. The number of rotatable bonds is 4. The number of halogens is 1. The molecule has 0 amide bonds. The molecule has 0 saturated carbocycles. The largest absolute Gasteiger partial charge is 0.387 e. The van der Waals surface area contributed by atoms with Gasteiger partial charge in [0.05, 0.1) is 27.6 Å². The second-order valence-corrected chi connectivity index (χ2v) is 4.11. The van der Waals surface area contributed by atoms with Crippen LogP contribution in [-0.2, 0) is 4.79 Å². The van der Waals surface area contributed by atoms with E-state index in [1.807, 2.05) is 21.1 Å². The molecule has 0 aromatic carbocycles. The van der Waals surface area contributed by atoms with Gasteiger partial charge < -0.3 is 9.59 Å². The van der Waals surface area contributed by atoms with Gasteiger partial charge in [0.1, 0.15) is 12.6 Å². The van der Waals surface area contributed by atoms with Crippen molar-refractivity contribution in [2.24, 2.45) is 0 Å². The van der Waals surface area contributed by atoms with Gasteiger partial charge in [0, 0.05) is 0 Å². The summed E-state index contributed by atoms with van der Waals surface area (Å²) in [6.07, 6.45) is -0.586. The minimum absolute atomic E-state index is 0.0388. The molecule has 0 unspecified atom stereocenters. The Labute approximate surface area is 72.2 Å². The molecule has 1 atom stereocenters. The van der Waals surface area contributed by atoms with Crippen LogP contribution in [0.5, 0.6) is 0 Å². The number of hydrogen-bond acceptors (Lipinski definition) is 2. The Kier molecular flexibility index (Phi) is 4.00. The summed E-state index contributed by atoms with van der Waals surface area (Å²) in [7, 11) is 5.84. The SMILES string of the molecule is C[N+](C)(C)C[C@H](O)CC(=O)Cl. The second-order valence-electron chi connectivity index (χ2n) is 3.69. The van der Waals surface area contributed by atoms with Crippen LogP contribution < -0.4 is 0 Å². The Morgan fingerprint density at radius 3 is 2.27 bits per heavy atom. The van der Waals surface area contributed by atoms with Crippen LogP contribution in [0.2, 0.25) is 0 Å². The summed E-state index contributed by atoms with van der Waals surface area (Å²) in [4.78, 5) is 10.3. The van der Waals surface area contributed by atoms with Gasteiger partial charge in [-0.1, -0.05) is 0 Å². The summed E-state index contributed by atoms with van der Waals surface area (Å²) in [5.74, 6) is 0. The highest BCUT2D eigenvalue weighted by Crippen LogP contribution is 2.01. The molecule has 0 aromatic rings. The van der Waals surface area contributed by atoms with Crippen molar-refractivity contribution in [2.45, 2.75) is 12.5 Å².